The third kappa shape index (κ3) is 5.04. The number of hydrogen-bond donors (Lipinski definition) is 1. The Labute approximate surface area is 160 Å². The summed E-state index contributed by atoms with van der Waals surface area (Å²) >= 11 is 4.39. The smallest absolute Gasteiger partial charge is 0.253 e. The number of nitrogens with one attached hydrogen (secondary N) is 1. The number of nitrogens with zero attached hydrogens (tertiary/aromatic N) is 1. The van der Waals surface area contributed by atoms with Gasteiger partial charge in [-0.05, 0) is 46.6 Å². The number of carbonyl (C=O) groups is 1. The summed E-state index contributed by atoms with van der Waals surface area (Å²) in [5, 5.41) is 2.70. The van der Waals surface area contributed by atoms with E-state index in [1.54, 1.807) is 30.3 Å². The molecule has 0 aliphatic rings. The largest absolute Gasteiger partial charge is 0.495 e. The maximum Gasteiger partial charge on any atom is 0.253 e. The zero-order valence-corrected chi connectivity index (χ0v) is 17.1. The van der Waals surface area contributed by atoms with Crippen molar-refractivity contribution in [1.82, 2.24) is 4.31 Å². The molecule has 0 bridgehead atoms. The first-order chi connectivity index (χ1) is 11.9. The van der Waals surface area contributed by atoms with Crippen LogP contribution >= 0.6 is 27.3 Å². The van der Waals surface area contributed by atoms with Crippen LogP contribution in [0.2, 0.25) is 0 Å². The van der Waals surface area contributed by atoms with Crippen LogP contribution in [0.5, 0.6) is 5.75 Å². The highest BCUT2D eigenvalue weighted by Gasteiger charge is 2.27. The lowest BCUT2D eigenvalue weighted by atomic mass is 10.3. The molecule has 6 nitrogen and oxygen atoms in total. The van der Waals surface area contributed by atoms with Crippen LogP contribution in [0.25, 0.3) is 0 Å². The van der Waals surface area contributed by atoms with E-state index in [1.165, 1.54) is 17.5 Å². The first-order valence-corrected chi connectivity index (χ1v) is 10.6. The van der Waals surface area contributed by atoms with Crippen LogP contribution in [0.4, 0.5) is 5.69 Å². The number of sulfonamides is 1. The number of methoxy groups -OCH3 is 1. The summed E-state index contributed by atoms with van der Waals surface area (Å²) in [5.41, 5.74) is 0.503. The van der Waals surface area contributed by atoms with Gasteiger partial charge < -0.3 is 10.1 Å². The molecule has 0 unspecified atom stereocenters. The zero-order chi connectivity index (χ0) is 18.4. The molecule has 0 saturated heterocycles. The summed E-state index contributed by atoms with van der Waals surface area (Å²) in [4.78, 5) is 12.4. The van der Waals surface area contributed by atoms with Crippen LogP contribution in [0.15, 0.2) is 44.4 Å². The fourth-order valence-electron chi connectivity index (χ4n) is 2.20. The van der Waals surface area contributed by atoms with Gasteiger partial charge in [0.1, 0.15) is 9.96 Å². The lowest BCUT2D eigenvalue weighted by molar-refractivity contribution is -0.116. The van der Waals surface area contributed by atoms with Crippen LogP contribution < -0.4 is 10.1 Å². The van der Waals surface area contributed by atoms with E-state index in [4.69, 9.17) is 4.74 Å². The third-order valence-corrected chi connectivity index (χ3v) is 7.25. The predicted octanol–water partition coefficient (Wildman–Crippen LogP) is 3.56. The van der Waals surface area contributed by atoms with Crippen LogP contribution in [0.1, 0.15) is 13.3 Å². The fourth-order valence-corrected chi connectivity index (χ4v) is 5.85. The molecule has 2 rings (SSSR count). The highest BCUT2D eigenvalue weighted by Crippen LogP contribution is 2.29. The van der Waals surface area contributed by atoms with E-state index in [0.717, 1.165) is 15.1 Å². The molecule has 1 N–H and O–H groups in total. The van der Waals surface area contributed by atoms with Gasteiger partial charge in [0.2, 0.25) is 5.91 Å². The lowest BCUT2D eigenvalue weighted by Gasteiger charge is -2.20. The Morgan fingerprint density at radius 1 is 1.28 bits per heavy atom. The summed E-state index contributed by atoms with van der Waals surface area (Å²) in [6, 6.07) is 10.2. The number of carbonyl (C=O) groups excluding carboxylic acids is 1. The minimum absolute atomic E-state index is 0.206. The maximum absolute atomic E-state index is 12.8. The molecule has 0 aliphatic heterocycles. The van der Waals surface area contributed by atoms with Crippen LogP contribution in [0, 0.1) is 0 Å². The number of thiophene rings is 1. The summed E-state index contributed by atoms with van der Waals surface area (Å²) < 4.78 is 32.8. The summed E-state index contributed by atoms with van der Waals surface area (Å²) in [6.45, 7) is 1.87. The van der Waals surface area contributed by atoms with E-state index < -0.39 is 15.9 Å². The Morgan fingerprint density at radius 3 is 2.60 bits per heavy atom. The van der Waals surface area contributed by atoms with Crippen molar-refractivity contribution in [2.45, 2.75) is 17.6 Å². The molecule has 2 aromatic rings. The molecule has 1 amide bonds. The average Bonchev–Trinajstić information content (AvgIpc) is 3.02. The average molecular weight is 447 g/mol. The van der Waals surface area contributed by atoms with E-state index >= 15 is 0 Å². The van der Waals surface area contributed by atoms with E-state index in [9.17, 15) is 13.2 Å². The van der Waals surface area contributed by atoms with E-state index in [2.05, 4.69) is 21.2 Å². The molecule has 0 aliphatic carbocycles. The van der Waals surface area contributed by atoms with Gasteiger partial charge in [0.25, 0.3) is 10.0 Å². The molecule has 0 atom stereocenters. The molecule has 0 spiro atoms. The van der Waals surface area contributed by atoms with Gasteiger partial charge in [-0.15, -0.1) is 11.3 Å². The number of para-hydroxylation sites is 2. The van der Waals surface area contributed by atoms with Crippen molar-refractivity contribution >= 4 is 48.9 Å². The number of rotatable bonds is 8. The highest BCUT2D eigenvalue weighted by molar-refractivity contribution is 9.11. The Bertz CT molecular complexity index is 836. The highest BCUT2D eigenvalue weighted by atomic mass is 79.9. The predicted molar refractivity (Wildman–Crippen MR) is 103 cm³/mol. The number of ether oxygens (including phenoxy) is 1. The second-order valence-corrected chi connectivity index (χ2v) is 9.77. The van der Waals surface area contributed by atoms with Crippen molar-refractivity contribution in [3.63, 3.8) is 0 Å². The minimum Gasteiger partial charge on any atom is -0.495 e. The summed E-state index contributed by atoms with van der Waals surface area (Å²) in [6.07, 6.45) is 0.605. The zero-order valence-electron chi connectivity index (χ0n) is 13.9. The monoisotopic (exact) mass is 446 g/mol. The van der Waals surface area contributed by atoms with Crippen molar-refractivity contribution < 1.29 is 17.9 Å². The third-order valence-electron chi connectivity index (χ3n) is 3.32. The molecule has 25 heavy (non-hydrogen) atoms. The molecule has 1 aromatic heterocycles. The second-order valence-electron chi connectivity index (χ2n) is 5.15. The van der Waals surface area contributed by atoms with E-state index in [1.807, 2.05) is 6.92 Å². The quantitative estimate of drug-likeness (QED) is 0.672. The van der Waals surface area contributed by atoms with Gasteiger partial charge >= 0.3 is 0 Å². The van der Waals surface area contributed by atoms with Gasteiger partial charge in [-0.2, -0.15) is 4.31 Å². The van der Waals surface area contributed by atoms with Gasteiger partial charge in [-0.3, -0.25) is 4.79 Å². The second kappa shape index (κ2) is 8.79. The number of benzene rings is 1. The van der Waals surface area contributed by atoms with Crippen molar-refractivity contribution in [3.8, 4) is 5.75 Å². The van der Waals surface area contributed by atoms with Crippen molar-refractivity contribution in [2.24, 2.45) is 0 Å². The van der Waals surface area contributed by atoms with Crippen molar-refractivity contribution in [2.75, 3.05) is 25.5 Å². The minimum atomic E-state index is -3.72. The fraction of sp³-hybridized carbons (Fsp3) is 0.312. The normalized spacial score (nSPS) is 11.5. The summed E-state index contributed by atoms with van der Waals surface area (Å²) in [7, 11) is -2.21. The molecule has 0 fully saturated rings. The Balaban J connectivity index is 2.17. The lowest BCUT2D eigenvalue weighted by Crippen LogP contribution is -2.38. The van der Waals surface area contributed by atoms with E-state index in [0.29, 0.717) is 17.9 Å². The topological polar surface area (TPSA) is 75.7 Å². The molecule has 0 saturated carbocycles. The van der Waals surface area contributed by atoms with Crippen molar-refractivity contribution in [1.29, 1.82) is 0 Å². The molecule has 0 radical (unpaired) electrons. The number of halogens is 1. The molecule has 9 heteroatoms. The maximum atomic E-state index is 12.8. The molecular weight excluding hydrogens is 428 g/mol. The van der Waals surface area contributed by atoms with E-state index in [-0.39, 0.29) is 17.3 Å². The van der Waals surface area contributed by atoms with Crippen molar-refractivity contribution in [3.05, 3.63) is 40.2 Å². The Morgan fingerprint density at radius 2 is 2.00 bits per heavy atom. The van der Waals surface area contributed by atoms with Gasteiger partial charge in [0.15, 0.2) is 0 Å². The SMILES string of the molecule is CCCN(CC(=O)Nc1ccccc1OC)S(=O)(=O)c1ccc(Br)s1. The van der Waals surface area contributed by atoms with Gasteiger partial charge in [0, 0.05) is 6.54 Å². The van der Waals surface area contributed by atoms with Crippen LogP contribution in [0.3, 0.4) is 0 Å². The Hall–Kier alpha value is -1.42. The van der Waals surface area contributed by atoms with Crippen LogP contribution in [-0.2, 0) is 14.8 Å². The van der Waals surface area contributed by atoms with Gasteiger partial charge in [-0.1, -0.05) is 19.1 Å². The molecular formula is C16H19BrN2O4S2. The first kappa shape index (κ1) is 19.9. The van der Waals surface area contributed by atoms with Gasteiger partial charge in [-0.25, -0.2) is 8.42 Å². The molecule has 1 heterocycles. The number of hydrogen-bond acceptors (Lipinski definition) is 5. The standard InChI is InChI=1S/C16H19BrN2O4S2/c1-3-10-19(25(21,22)16-9-8-14(17)24-16)11-15(20)18-12-6-4-5-7-13(12)23-2/h4-9H,3,10-11H2,1-2H3,(H,18,20). The molecule has 136 valence electrons. The van der Waals surface area contributed by atoms with Gasteiger partial charge in [0.05, 0.1) is 23.1 Å². The van der Waals surface area contributed by atoms with Crippen LogP contribution in [-0.4, -0.2) is 38.8 Å². The first-order valence-electron chi connectivity index (χ1n) is 7.56. The number of amides is 1. The molecule has 1 aromatic carbocycles. The Kier molecular flexibility index (Phi) is 7.00. The number of anilines is 1. The summed E-state index contributed by atoms with van der Waals surface area (Å²) in [5.74, 6) is 0.0973.